The van der Waals surface area contributed by atoms with Crippen molar-refractivity contribution in [3.05, 3.63) is 27.8 Å². The Labute approximate surface area is 156 Å². The minimum Gasteiger partial charge on any atom is -0.483 e. The highest BCUT2D eigenvalue weighted by atomic mass is 127. The third-order valence-electron chi connectivity index (χ3n) is 4.58. The van der Waals surface area contributed by atoms with Crippen LogP contribution in [-0.4, -0.2) is 74.5 Å². The number of amides is 1. The van der Waals surface area contributed by atoms with Crippen molar-refractivity contribution in [3.8, 4) is 5.75 Å². The lowest BCUT2D eigenvalue weighted by atomic mass is 10.2. The molecule has 0 aliphatic carbocycles. The standard InChI is InChI=1S/C16H21IN2O4S/c17-14-3-1-2-4-15(14)23-11-16(20)19-8-6-18(7-9-19)13-5-10-24(21,22)12-13/h1-4,13H,5-12H2. The van der Waals surface area contributed by atoms with E-state index < -0.39 is 9.84 Å². The van der Waals surface area contributed by atoms with Gasteiger partial charge in [-0.2, -0.15) is 0 Å². The van der Waals surface area contributed by atoms with Crippen molar-refractivity contribution < 1.29 is 17.9 Å². The first-order chi connectivity index (χ1) is 11.4. The highest BCUT2D eigenvalue weighted by Crippen LogP contribution is 2.21. The molecule has 0 aromatic heterocycles. The molecule has 2 aliphatic rings. The van der Waals surface area contributed by atoms with Gasteiger partial charge in [0.25, 0.3) is 5.91 Å². The van der Waals surface area contributed by atoms with Gasteiger partial charge < -0.3 is 9.64 Å². The fourth-order valence-electron chi connectivity index (χ4n) is 3.19. The zero-order valence-corrected chi connectivity index (χ0v) is 16.3. The largest absolute Gasteiger partial charge is 0.483 e. The lowest BCUT2D eigenvalue weighted by Gasteiger charge is -2.37. The number of carbonyl (C=O) groups is 1. The third kappa shape index (κ3) is 4.40. The molecule has 8 heteroatoms. The number of nitrogens with zero attached hydrogens (tertiary/aromatic N) is 2. The molecular weight excluding hydrogens is 443 g/mol. The van der Waals surface area contributed by atoms with Crippen molar-refractivity contribution >= 4 is 38.3 Å². The van der Waals surface area contributed by atoms with Gasteiger partial charge >= 0.3 is 0 Å². The molecule has 24 heavy (non-hydrogen) atoms. The average molecular weight is 464 g/mol. The second-order valence-corrected chi connectivity index (χ2v) is 9.58. The number of halogens is 1. The predicted molar refractivity (Wildman–Crippen MR) is 99.9 cm³/mol. The number of ether oxygens (including phenoxy) is 1. The molecule has 6 nitrogen and oxygen atoms in total. The van der Waals surface area contributed by atoms with E-state index in [4.69, 9.17) is 4.74 Å². The summed E-state index contributed by atoms with van der Waals surface area (Å²) in [5.41, 5.74) is 0. The van der Waals surface area contributed by atoms with Crippen molar-refractivity contribution in [2.24, 2.45) is 0 Å². The smallest absolute Gasteiger partial charge is 0.260 e. The first kappa shape index (κ1) is 17.9. The van der Waals surface area contributed by atoms with Crippen molar-refractivity contribution in [3.63, 3.8) is 0 Å². The fourth-order valence-corrected chi connectivity index (χ4v) is 5.50. The summed E-state index contributed by atoms with van der Waals surface area (Å²) in [6.07, 6.45) is 0.714. The summed E-state index contributed by atoms with van der Waals surface area (Å²) >= 11 is 2.18. The lowest BCUT2D eigenvalue weighted by Crippen LogP contribution is -2.53. The molecule has 1 atom stereocenters. The molecule has 3 rings (SSSR count). The van der Waals surface area contributed by atoms with Crippen LogP contribution < -0.4 is 4.74 Å². The monoisotopic (exact) mass is 464 g/mol. The highest BCUT2D eigenvalue weighted by Gasteiger charge is 2.34. The molecule has 1 amide bonds. The van der Waals surface area contributed by atoms with Crippen LogP contribution in [0, 0.1) is 3.57 Å². The van der Waals surface area contributed by atoms with Gasteiger partial charge in [-0.1, -0.05) is 12.1 Å². The van der Waals surface area contributed by atoms with Gasteiger partial charge in [0.15, 0.2) is 16.4 Å². The topological polar surface area (TPSA) is 66.9 Å². The maximum Gasteiger partial charge on any atom is 0.260 e. The van der Waals surface area contributed by atoms with E-state index in [0.717, 1.165) is 22.4 Å². The summed E-state index contributed by atoms with van der Waals surface area (Å²) in [5, 5.41) is 0. The molecule has 1 aromatic carbocycles. The summed E-state index contributed by atoms with van der Waals surface area (Å²) in [5.74, 6) is 1.26. The average Bonchev–Trinajstić information content (AvgIpc) is 2.94. The van der Waals surface area contributed by atoms with Gasteiger partial charge in [-0.05, 0) is 41.1 Å². The summed E-state index contributed by atoms with van der Waals surface area (Å²) in [4.78, 5) is 16.3. The van der Waals surface area contributed by atoms with Crippen LogP contribution in [-0.2, 0) is 14.6 Å². The Balaban J connectivity index is 1.46. The molecule has 0 bridgehead atoms. The second kappa shape index (κ2) is 7.57. The Morgan fingerprint density at radius 2 is 1.92 bits per heavy atom. The SMILES string of the molecule is O=C(COc1ccccc1I)N1CCN(C2CCS(=O)(=O)C2)CC1. The molecule has 1 aromatic rings. The van der Waals surface area contributed by atoms with E-state index in [9.17, 15) is 13.2 Å². The molecule has 0 saturated carbocycles. The minimum atomic E-state index is -2.86. The Hall–Kier alpha value is -0.870. The Morgan fingerprint density at radius 1 is 1.21 bits per heavy atom. The summed E-state index contributed by atoms with van der Waals surface area (Å²) in [6.45, 7) is 2.76. The molecule has 132 valence electrons. The van der Waals surface area contributed by atoms with E-state index in [1.807, 2.05) is 24.3 Å². The molecule has 0 radical (unpaired) electrons. The van der Waals surface area contributed by atoms with Gasteiger partial charge in [-0.3, -0.25) is 9.69 Å². The second-order valence-electron chi connectivity index (χ2n) is 6.19. The number of sulfone groups is 1. The first-order valence-corrected chi connectivity index (χ1v) is 10.9. The summed E-state index contributed by atoms with van der Waals surface area (Å²) < 4.78 is 29.8. The van der Waals surface area contributed by atoms with Crippen molar-refractivity contribution in [1.29, 1.82) is 0 Å². The van der Waals surface area contributed by atoms with Crippen LogP contribution in [0.2, 0.25) is 0 Å². The maximum atomic E-state index is 12.3. The number of carbonyl (C=O) groups excluding carboxylic acids is 1. The van der Waals surface area contributed by atoms with Crippen LogP contribution in [0.4, 0.5) is 0 Å². The Kier molecular flexibility index (Phi) is 5.66. The normalized spacial score (nSPS) is 24.0. The van der Waals surface area contributed by atoms with Crippen LogP contribution in [0.1, 0.15) is 6.42 Å². The van der Waals surface area contributed by atoms with E-state index in [-0.39, 0.29) is 24.3 Å². The van der Waals surface area contributed by atoms with Crippen LogP contribution in [0.5, 0.6) is 5.75 Å². The number of rotatable bonds is 4. The number of para-hydroxylation sites is 1. The van der Waals surface area contributed by atoms with E-state index in [0.29, 0.717) is 25.3 Å². The van der Waals surface area contributed by atoms with Gasteiger partial charge in [0, 0.05) is 32.2 Å². The summed E-state index contributed by atoms with van der Waals surface area (Å²) in [6, 6.07) is 7.73. The highest BCUT2D eigenvalue weighted by molar-refractivity contribution is 14.1. The fraction of sp³-hybridized carbons (Fsp3) is 0.562. The molecule has 2 saturated heterocycles. The molecule has 2 aliphatic heterocycles. The van der Waals surface area contributed by atoms with Gasteiger partial charge in [-0.15, -0.1) is 0 Å². The van der Waals surface area contributed by atoms with Crippen LogP contribution >= 0.6 is 22.6 Å². The van der Waals surface area contributed by atoms with E-state index >= 15 is 0 Å². The van der Waals surface area contributed by atoms with Crippen LogP contribution in [0.15, 0.2) is 24.3 Å². The number of hydrogen-bond acceptors (Lipinski definition) is 5. The predicted octanol–water partition coefficient (Wildman–Crippen LogP) is 1.00. The molecule has 0 spiro atoms. The Bertz CT molecular complexity index is 702. The molecule has 0 N–H and O–H groups in total. The van der Waals surface area contributed by atoms with Gasteiger partial charge in [0.2, 0.25) is 0 Å². The molecular formula is C16H21IN2O4S. The minimum absolute atomic E-state index is 0.0200. The molecule has 1 unspecified atom stereocenters. The third-order valence-corrected chi connectivity index (χ3v) is 7.22. The lowest BCUT2D eigenvalue weighted by molar-refractivity contribution is -0.135. The zero-order chi connectivity index (χ0) is 17.2. The Morgan fingerprint density at radius 3 is 2.54 bits per heavy atom. The van der Waals surface area contributed by atoms with E-state index in [1.165, 1.54) is 0 Å². The number of hydrogen-bond donors (Lipinski definition) is 0. The van der Waals surface area contributed by atoms with Gasteiger partial charge in [0.1, 0.15) is 5.75 Å². The van der Waals surface area contributed by atoms with E-state index in [1.54, 1.807) is 4.90 Å². The van der Waals surface area contributed by atoms with Crippen molar-refractivity contribution in [2.75, 3.05) is 44.3 Å². The number of benzene rings is 1. The molecule has 2 fully saturated rings. The zero-order valence-electron chi connectivity index (χ0n) is 13.4. The van der Waals surface area contributed by atoms with E-state index in [2.05, 4.69) is 27.5 Å². The quantitative estimate of drug-likeness (QED) is 0.623. The van der Waals surface area contributed by atoms with Crippen molar-refractivity contribution in [1.82, 2.24) is 9.80 Å². The van der Waals surface area contributed by atoms with Crippen LogP contribution in [0.3, 0.4) is 0 Å². The van der Waals surface area contributed by atoms with Gasteiger partial charge in [0.05, 0.1) is 15.1 Å². The maximum absolute atomic E-state index is 12.3. The first-order valence-electron chi connectivity index (χ1n) is 8.04. The van der Waals surface area contributed by atoms with Crippen LogP contribution in [0.25, 0.3) is 0 Å². The van der Waals surface area contributed by atoms with Gasteiger partial charge in [-0.25, -0.2) is 8.42 Å². The van der Waals surface area contributed by atoms with Crippen molar-refractivity contribution in [2.45, 2.75) is 12.5 Å². The summed E-state index contributed by atoms with van der Waals surface area (Å²) in [7, 11) is -2.86. The molecule has 2 heterocycles. The number of piperazine rings is 1.